The van der Waals surface area contributed by atoms with Gasteiger partial charge in [-0.1, -0.05) is 48.2 Å². The fourth-order valence-corrected chi connectivity index (χ4v) is 8.01. The number of hydrogen-bond donors (Lipinski definition) is 0. The summed E-state index contributed by atoms with van der Waals surface area (Å²) in [6.45, 7) is 3.99. The zero-order valence-electron chi connectivity index (χ0n) is 33.6. The summed E-state index contributed by atoms with van der Waals surface area (Å²) in [5.41, 5.74) is 5.58. The lowest BCUT2D eigenvalue weighted by molar-refractivity contribution is 0.311. The SMILES string of the molecule is CN1CCN(c2ncc3c(n2)N(Cc2ccc(F)c(F)c2)c2ccccc2-n2nnnc2-3)CC1.CSc1ncc2c(n1)N(Cc1ccc(F)c(F)c1)c1ccccc1-n1nnnc1-2. The van der Waals surface area contributed by atoms with E-state index in [4.69, 9.17) is 4.98 Å². The van der Waals surface area contributed by atoms with Crippen molar-refractivity contribution in [1.29, 1.82) is 0 Å². The maximum absolute atomic E-state index is 14.0. The summed E-state index contributed by atoms with van der Waals surface area (Å²) in [6.07, 6.45) is 5.30. The molecule has 3 aliphatic heterocycles. The van der Waals surface area contributed by atoms with Crippen LogP contribution in [0.5, 0.6) is 0 Å². The maximum atomic E-state index is 14.0. The first kappa shape index (κ1) is 39.7. The van der Waals surface area contributed by atoms with Crippen molar-refractivity contribution in [3.8, 4) is 34.2 Å². The van der Waals surface area contributed by atoms with E-state index in [-0.39, 0.29) is 13.1 Å². The summed E-state index contributed by atoms with van der Waals surface area (Å²) >= 11 is 1.41. The summed E-state index contributed by atoms with van der Waals surface area (Å²) in [6, 6.07) is 23.0. The highest BCUT2D eigenvalue weighted by atomic mass is 32.2. The summed E-state index contributed by atoms with van der Waals surface area (Å²) in [7, 11) is 2.09. The second-order valence-corrected chi connectivity index (χ2v) is 15.5. The number of hydrogen-bond acceptors (Lipinski definition) is 15. The molecular formula is C42H34F4N16S. The number of anilines is 5. The van der Waals surface area contributed by atoms with Gasteiger partial charge in [-0.15, -0.1) is 10.2 Å². The molecule has 0 atom stereocenters. The van der Waals surface area contributed by atoms with Gasteiger partial charge in [0, 0.05) is 51.7 Å². The Labute approximate surface area is 360 Å². The summed E-state index contributed by atoms with van der Waals surface area (Å²) in [4.78, 5) is 27.0. The normalized spacial score (nSPS) is 14.0. The van der Waals surface area contributed by atoms with Crippen molar-refractivity contribution < 1.29 is 17.6 Å². The van der Waals surface area contributed by atoms with Crippen LogP contribution in [-0.2, 0) is 13.1 Å². The van der Waals surface area contributed by atoms with E-state index in [2.05, 4.69) is 62.9 Å². The van der Waals surface area contributed by atoms with Crippen LogP contribution < -0.4 is 14.7 Å². The number of fused-ring (bicyclic) bond motifs is 10. The zero-order valence-corrected chi connectivity index (χ0v) is 34.4. The fourth-order valence-electron chi connectivity index (χ4n) is 7.67. The highest BCUT2D eigenvalue weighted by molar-refractivity contribution is 7.98. The third-order valence-electron chi connectivity index (χ3n) is 10.9. The van der Waals surface area contributed by atoms with Gasteiger partial charge < -0.3 is 19.6 Å². The van der Waals surface area contributed by atoms with Crippen molar-refractivity contribution in [3.63, 3.8) is 0 Å². The van der Waals surface area contributed by atoms with Crippen LogP contribution in [0.4, 0.5) is 46.5 Å². The number of para-hydroxylation sites is 4. The molecule has 0 N–H and O–H groups in total. The van der Waals surface area contributed by atoms with Crippen LogP contribution in [0.15, 0.2) is 102 Å². The first-order valence-electron chi connectivity index (χ1n) is 19.6. The number of piperazine rings is 1. The summed E-state index contributed by atoms with van der Waals surface area (Å²) in [5.74, 6) is -0.709. The van der Waals surface area contributed by atoms with Crippen molar-refractivity contribution in [2.75, 3.05) is 54.2 Å². The lowest BCUT2D eigenvalue weighted by atomic mass is 10.1. The highest BCUT2D eigenvalue weighted by Crippen LogP contribution is 2.43. The molecular weight excluding hydrogens is 837 g/mol. The molecule has 316 valence electrons. The van der Waals surface area contributed by atoms with Gasteiger partial charge in [-0.05, 0) is 93.8 Å². The average Bonchev–Trinajstić information content (AvgIpc) is 3.97. The van der Waals surface area contributed by atoms with Crippen LogP contribution in [-0.4, -0.2) is 105 Å². The molecule has 0 amide bonds. The molecule has 0 aliphatic carbocycles. The van der Waals surface area contributed by atoms with E-state index in [0.717, 1.165) is 61.1 Å². The average molecular weight is 871 g/mol. The van der Waals surface area contributed by atoms with Gasteiger partial charge in [-0.3, -0.25) is 0 Å². The van der Waals surface area contributed by atoms with E-state index in [1.54, 1.807) is 33.9 Å². The maximum Gasteiger partial charge on any atom is 0.227 e. The Bertz CT molecular complexity index is 2990. The lowest BCUT2D eigenvalue weighted by Crippen LogP contribution is -2.45. The molecule has 3 aliphatic rings. The largest absolute Gasteiger partial charge is 0.338 e. The summed E-state index contributed by atoms with van der Waals surface area (Å²) < 4.78 is 58.2. The van der Waals surface area contributed by atoms with Crippen molar-refractivity contribution in [3.05, 3.63) is 132 Å². The Morgan fingerprint density at radius 3 is 1.57 bits per heavy atom. The molecule has 8 aromatic rings. The number of aromatic nitrogens is 12. The van der Waals surface area contributed by atoms with Crippen molar-refractivity contribution >= 4 is 40.7 Å². The Hall–Kier alpha value is -7.39. The van der Waals surface area contributed by atoms with Crippen LogP contribution >= 0.6 is 11.8 Å². The van der Waals surface area contributed by atoms with Gasteiger partial charge in [0.15, 0.2) is 40.1 Å². The number of likely N-dealkylation sites (N-methyl/N-ethyl adjacent to an activating group) is 1. The number of halogens is 4. The van der Waals surface area contributed by atoms with Gasteiger partial charge in [0.25, 0.3) is 0 Å². The molecule has 11 rings (SSSR count). The minimum absolute atomic E-state index is 0.263. The van der Waals surface area contributed by atoms with Crippen LogP contribution in [0, 0.1) is 23.3 Å². The van der Waals surface area contributed by atoms with Crippen LogP contribution in [0.1, 0.15) is 11.1 Å². The van der Waals surface area contributed by atoms with Crippen LogP contribution in [0.25, 0.3) is 34.2 Å². The fraction of sp³-hybridized carbons (Fsp3) is 0.190. The molecule has 7 heterocycles. The summed E-state index contributed by atoms with van der Waals surface area (Å²) in [5, 5.41) is 25.0. The molecule has 0 spiro atoms. The van der Waals surface area contributed by atoms with Crippen molar-refractivity contribution in [2.24, 2.45) is 0 Å². The number of thioether (sulfide) groups is 1. The predicted octanol–water partition coefficient (Wildman–Crippen LogP) is 6.57. The topological polar surface area (TPSA) is 152 Å². The second-order valence-electron chi connectivity index (χ2n) is 14.8. The van der Waals surface area contributed by atoms with Crippen LogP contribution in [0.3, 0.4) is 0 Å². The van der Waals surface area contributed by atoms with E-state index in [9.17, 15) is 17.6 Å². The van der Waals surface area contributed by atoms with Gasteiger partial charge in [-0.2, -0.15) is 14.3 Å². The number of rotatable bonds is 6. The van der Waals surface area contributed by atoms with Gasteiger partial charge in [0.05, 0.1) is 33.9 Å². The van der Waals surface area contributed by atoms with Gasteiger partial charge in [-0.25, -0.2) is 32.5 Å². The molecule has 63 heavy (non-hydrogen) atoms. The first-order chi connectivity index (χ1) is 30.7. The van der Waals surface area contributed by atoms with E-state index in [1.165, 1.54) is 23.9 Å². The molecule has 0 radical (unpaired) electrons. The van der Waals surface area contributed by atoms with Crippen molar-refractivity contribution in [1.82, 2.24) is 65.3 Å². The van der Waals surface area contributed by atoms with E-state index >= 15 is 0 Å². The Kier molecular flexibility index (Phi) is 10.4. The van der Waals surface area contributed by atoms with E-state index < -0.39 is 23.3 Å². The van der Waals surface area contributed by atoms with Gasteiger partial charge >= 0.3 is 0 Å². The third kappa shape index (κ3) is 7.43. The minimum atomic E-state index is -0.892. The number of nitrogens with zero attached hydrogens (tertiary/aromatic N) is 16. The lowest BCUT2D eigenvalue weighted by Gasteiger charge is -2.33. The monoisotopic (exact) mass is 870 g/mol. The quantitative estimate of drug-likeness (QED) is 0.101. The minimum Gasteiger partial charge on any atom is -0.338 e. The van der Waals surface area contributed by atoms with E-state index in [1.807, 2.05) is 64.6 Å². The van der Waals surface area contributed by atoms with Crippen LogP contribution in [0.2, 0.25) is 0 Å². The Balaban J connectivity index is 0.000000152. The molecule has 16 nitrogen and oxygen atoms in total. The van der Waals surface area contributed by atoms with Gasteiger partial charge in [0.2, 0.25) is 5.95 Å². The molecule has 1 fully saturated rings. The standard InChI is InChI=1S/C23H21F2N9.C19H13F2N7S/c1-31-8-10-32(11-9-31)23-26-13-16-21(27-23)33(14-15-6-7-17(24)18(25)12-15)19-4-2-3-5-20(19)34-22(16)28-29-30-34;1-29-19-22-9-12-17(23-19)27(10-11-6-7-13(20)14(21)8-11)15-4-2-3-5-16(15)28-18(12)24-25-26-28/h2-7,12-13H,8-11,14H2,1H3;2-9H,10H2,1H3. The molecule has 4 aromatic heterocycles. The highest BCUT2D eigenvalue weighted by Gasteiger charge is 2.32. The number of benzene rings is 4. The van der Waals surface area contributed by atoms with E-state index in [0.29, 0.717) is 56.6 Å². The zero-order chi connectivity index (χ0) is 43.2. The molecule has 1 saturated heterocycles. The molecule has 21 heteroatoms. The Morgan fingerprint density at radius 1 is 0.571 bits per heavy atom. The van der Waals surface area contributed by atoms with Gasteiger partial charge in [0.1, 0.15) is 11.6 Å². The molecule has 0 saturated carbocycles. The van der Waals surface area contributed by atoms with Crippen molar-refractivity contribution in [2.45, 2.75) is 18.2 Å². The third-order valence-corrected chi connectivity index (χ3v) is 11.4. The number of tetrazole rings is 2. The predicted molar refractivity (Wildman–Crippen MR) is 226 cm³/mol. The molecule has 4 aromatic carbocycles. The Morgan fingerprint density at radius 2 is 1.06 bits per heavy atom. The smallest absolute Gasteiger partial charge is 0.227 e. The molecule has 0 unspecified atom stereocenters. The molecule has 0 bridgehead atoms. The first-order valence-corrected chi connectivity index (χ1v) is 20.9. The second kappa shape index (κ2) is 16.5.